The zero-order valence-electron chi connectivity index (χ0n) is 11.3. The fraction of sp³-hybridized carbons (Fsp3) is 0.417. The average Bonchev–Trinajstić information content (AvgIpc) is 2.35. The number of cyclic esters (lactones) is 1. The first-order chi connectivity index (χ1) is 9.22. The van der Waals surface area contributed by atoms with E-state index >= 15 is 0 Å². The number of phenolic OH excluding ortho intramolecular Hbond substituents is 2. The Hall–Kier alpha value is -2.22. The van der Waals surface area contributed by atoms with Crippen LogP contribution < -0.4 is 5.32 Å². The quantitative estimate of drug-likeness (QED) is 0.436. The van der Waals surface area contributed by atoms with E-state index in [1.165, 1.54) is 6.07 Å². The second-order valence-electron chi connectivity index (χ2n) is 5.31. The zero-order valence-corrected chi connectivity index (χ0v) is 12.1. The van der Waals surface area contributed by atoms with Crippen molar-refractivity contribution in [3.8, 4) is 11.5 Å². The fourth-order valence-electron chi connectivity index (χ4n) is 2.16. The lowest BCUT2D eigenvalue weighted by Crippen LogP contribution is -2.46. The van der Waals surface area contributed by atoms with Crippen molar-refractivity contribution in [1.82, 2.24) is 5.32 Å². The number of ether oxygens (including phenoxy) is 1. The zero-order chi connectivity index (χ0) is 15.1. The Bertz CT molecular complexity index is 589. The molecule has 3 N–H and O–H groups in total. The third-order valence-corrected chi connectivity index (χ3v) is 3.24. The van der Waals surface area contributed by atoms with Gasteiger partial charge in [0, 0.05) is 11.5 Å². The number of hydrogen-bond donors (Lipinski definition) is 3. The molecule has 9 heteroatoms. The number of halogens is 1. The molecular weight excluding hydrogens is 304 g/mol. The minimum absolute atomic E-state index is 0. The summed E-state index contributed by atoms with van der Waals surface area (Å²) in [5.41, 5.74) is -0.809. The Morgan fingerprint density at radius 1 is 1.43 bits per heavy atom. The minimum Gasteiger partial charge on any atom is -0.504 e. The number of hydrogen-bond acceptors (Lipinski definition) is 6. The van der Waals surface area contributed by atoms with Gasteiger partial charge in [-0.15, -0.1) is 12.4 Å². The molecule has 1 aliphatic heterocycles. The molecule has 1 saturated heterocycles. The number of carbonyl (C=O) groups excluding carboxylic acids is 1. The van der Waals surface area contributed by atoms with Crippen molar-refractivity contribution < 1.29 is 24.7 Å². The van der Waals surface area contributed by atoms with E-state index in [-0.39, 0.29) is 19.0 Å². The number of nitro groups is 1. The Labute approximate surface area is 126 Å². The predicted octanol–water partition coefficient (Wildman–Crippen LogP) is 2.23. The maximum Gasteiger partial charge on any atom is 0.407 e. The molecule has 1 aromatic rings. The summed E-state index contributed by atoms with van der Waals surface area (Å²) in [7, 11) is 0. The van der Waals surface area contributed by atoms with Crippen LogP contribution in [0.15, 0.2) is 12.1 Å². The molecule has 1 atom stereocenters. The summed E-state index contributed by atoms with van der Waals surface area (Å²) < 4.78 is 4.88. The smallest absolute Gasteiger partial charge is 0.407 e. The number of nitrogens with one attached hydrogen (secondary N) is 1. The summed E-state index contributed by atoms with van der Waals surface area (Å²) in [5, 5.41) is 32.5. The van der Waals surface area contributed by atoms with Gasteiger partial charge in [-0.3, -0.25) is 10.1 Å². The van der Waals surface area contributed by atoms with Crippen LogP contribution in [0.5, 0.6) is 11.5 Å². The van der Waals surface area contributed by atoms with E-state index < -0.39 is 39.7 Å². The number of nitro benzene ring substituents is 1. The molecule has 0 radical (unpaired) electrons. The van der Waals surface area contributed by atoms with Crippen molar-refractivity contribution in [3.05, 3.63) is 27.8 Å². The highest BCUT2D eigenvalue weighted by atomic mass is 35.5. The van der Waals surface area contributed by atoms with Gasteiger partial charge >= 0.3 is 11.8 Å². The Kier molecular flexibility index (Phi) is 4.52. The van der Waals surface area contributed by atoms with Crippen molar-refractivity contribution in [3.63, 3.8) is 0 Å². The van der Waals surface area contributed by atoms with Gasteiger partial charge < -0.3 is 20.3 Å². The molecule has 0 aromatic heterocycles. The van der Waals surface area contributed by atoms with Crippen LogP contribution in [0.1, 0.15) is 25.5 Å². The minimum atomic E-state index is -0.799. The van der Waals surface area contributed by atoms with Crippen LogP contribution in [0.25, 0.3) is 0 Å². The molecule has 1 heterocycles. The van der Waals surface area contributed by atoms with Crippen LogP contribution >= 0.6 is 12.4 Å². The van der Waals surface area contributed by atoms with Crippen LogP contribution in [0.4, 0.5) is 10.5 Å². The summed E-state index contributed by atoms with van der Waals surface area (Å²) in [5.74, 6) is -1.40. The molecule has 0 saturated carbocycles. The van der Waals surface area contributed by atoms with Gasteiger partial charge in [0.15, 0.2) is 5.75 Å². The number of benzene rings is 1. The summed E-state index contributed by atoms with van der Waals surface area (Å²) in [6, 6.07) is 1.75. The number of phenols is 2. The third-order valence-electron chi connectivity index (χ3n) is 3.24. The molecule has 8 nitrogen and oxygen atoms in total. The van der Waals surface area contributed by atoms with E-state index in [1.807, 2.05) is 13.8 Å². The van der Waals surface area contributed by atoms with Crippen molar-refractivity contribution in [2.75, 3.05) is 6.61 Å². The molecule has 1 aliphatic rings. The lowest BCUT2D eigenvalue weighted by molar-refractivity contribution is -0.386. The van der Waals surface area contributed by atoms with Crippen LogP contribution in [-0.2, 0) is 4.74 Å². The van der Waals surface area contributed by atoms with Gasteiger partial charge in [0.1, 0.15) is 6.61 Å². The summed E-state index contributed by atoms with van der Waals surface area (Å²) in [6.45, 7) is 3.76. The van der Waals surface area contributed by atoms with E-state index in [0.29, 0.717) is 5.56 Å². The molecule has 0 bridgehead atoms. The highest BCUT2D eigenvalue weighted by molar-refractivity contribution is 5.85. The Morgan fingerprint density at radius 3 is 2.62 bits per heavy atom. The highest BCUT2D eigenvalue weighted by Crippen LogP contribution is 2.43. The third kappa shape index (κ3) is 3.10. The normalized spacial score (nSPS) is 19.9. The van der Waals surface area contributed by atoms with Crippen LogP contribution in [-0.4, -0.2) is 27.8 Å². The maximum absolute atomic E-state index is 11.3. The first kappa shape index (κ1) is 16.8. The van der Waals surface area contributed by atoms with Gasteiger partial charge in [-0.05, 0) is 11.6 Å². The van der Waals surface area contributed by atoms with Crippen LogP contribution in [0.2, 0.25) is 0 Å². The van der Waals surface area contributed by atoms with E-state index in [4.69, 9.17) is 4.74 Å². The highest BCUT2D eigenvalue weighted by Gasteiger charge is 2.39. The van der Waals surface area contributed by atoms with Crippen LogP contribution in [0, 0.1) is 15.5 Å². The van der Waals surface area contributed by atoms with E-state index in [9.17, 15) is 25.1 Å². The predicted molar refractivity (Wildman–Crippen MR) is 74.7 cm³/mol. The van der Waals surface area contributed by atoms with Gasteiger partial charge in [-0.25, -0.2) is 4.79 Å². The fourth-order valence-corrected chi connectivity index (χ4v) is 2.16. The number of amides is 1. The molecule has 1 amide bonds. The summed E-state index contributed by atoms with van der Waals surface area (Å²) >= 11 is 0. The molecule has 1 aromatic carbocycles. The number of nitrogens with zero attached hydrogens (tertiary/aromatic N) is 1. The second-order valence-corrected chi connectivity index (χ2v) is 5.31. The first-order valence-corrected chi connectivity index (χ1v) is 5.86. The van der Waals surface area contributed by atoms with Gasteiger partial charge in [-0.2, -0.15) is 0 Å². The average molecular weight is 319 g/mol. The van der Waals surface area contributed by atoms with Gasteiger partial charge in [0.05, 0.1) is 11.0 Å². The lowest BCUT2D eigenvalue weighted by atomic mass is 9.80. The van der Waals surface area contributed by atoms with Gasteiger partial charge in [0.25, 0.3) is 0 Å². The topological polar surface area (TPSA) is 122 Å². The molecular formula is C12H15ClN2O6. The van der Waals surface area contributed by atoms with Gasteiger partial charge in [-0.1, -0.05) is 13.8 Å². The number of aromatic hydroxyl groups is 2. The molecule has 2 rings (SSSR count). The molecule has 21 heavy (non-hydrogen) atoms. The molecule has 0 unspecified atom stereocenters. The van der Waals surface area contributed by atoms with Crippen LogP contribution in [0.3, 0.4) is 0 Å². The number of rotatable bonds is 2. The monoisotopic (exact) mass is 318 g/mol. The summed E-state index contributed by atoms with van der Waals surface area (Å²) in [4.78, 5) is 21.4. The first-order valence-electron chi connectivity index (χ1n) is 5.86. The number of alkyl carbamates (subject to hydrolysis) is 1. The Morgan fingerprint density at radius 2 is 2.05 bits per heavy atom. The van der Waals surface area contributed by atoms with Crippen molar-refractivity contribution in [2.24, 2.45) is 5.41 Å². The van der Waals surface area contributed by atoms with E-state index in [1.54, 1.807) is 0 Å². The molecule has 0 spiro atoms. The standard InChI is InChI=1S/C12H14N2O6.ClH/c1-12(2)5-20-11(17)13-10(12)6-3-7(14(18)19)9(16)8(15)4-6;/h3-4,10,15-16H,5H2,1-2H3,(H,13,17);1H/t10-;/m0./s1. The van der Waals surface area contributed by atoms with E-state index in [0.717, 1.165) is 6.07 Å². The largest absolute Gasteiger partial charge is 0.504 e. The maximum atomic E-state index is 11.3. The molecule has 1 fully saturated rings. The Balaban J connectivity index is 0.00000220. The second kappa shape index (κ2) is 5.65. The van der Waals surface area contributed by atoms with E-state index in [2.05, 4.69) is 5.32 Å². The van der Waals surface area contributed by atoms with Crippen molar-refractivity contribution >= 4 is 24.2 Å². The van der Waals surface area contributed by atoms with Crippen molar-refractivity contribution in [1.29, 1.82) is 0 Å². The van der Waals surface area contributed by atoms with Gasteiger partial charge in [0.2, 0.25) is 5.75 Å². The summed E-state index contributed by atoms with van der Waals surface area (Å²) in [6.07, 6.45) is -0.635. The van der Waals surface area contributed by atoms with Crippen molar-refractivity contribution in [2.45, 2.75) is 19.9 Å². The SMILES string of the molecule is CC1(C)COC(=O)N[C@H]1c1cc(O)c(O)c([N+](=O)[O-])c1.Cl. The molecule has 116 valence electrons. The number of carbonyl (C=O) groups is 1. The molecule has 0 aliphatic carbocycles. The lowest BCUT2D eigenvalue weighted by Gasteiger charge is -2.38.